The Hall–Kier alpha value is -0.440. The summed E-state index contributed by atoms with van der Waals surface area (Å²) in [5.74, 6) is 0.826. The van der Waals surface area contributed by atoms with E-state index in [1.807, 2.05) is 13.8 Å². The maximum atomic E-state index is 4.26. The smallest absolute Gasteiger partial charge is 0.126 e. The molecule has 0 aliphatic rings. The van der Waals surface area contributed by atoms with Crippen molar-refractivity contribution in [1.29, 1.82) is 0 Å². The zero-order chi connectivity index (χ0) is 8.43. The van der Waals surface area contributed by atoms with Gasteiger partial charge in [-0.15, -0.1) is 0 Å². The van der Waals surface area contributed by atoms with E-state index in [4.69, 9.17) is 0 Å². The molecule has 0 amide bonds. The highest BCUT2D eigenvalue weighted by molar-refractivity contribution is 9.10. The molecule has 0 spiro atoms. The molecule has 1 aromatic rings. The summed E-state index contributed by atoms with van der Waals surface area (Å²) in [6, 6.07) is 0. The standard InChI is InChI=1S/C8H11BrN2/c1-4-7-5(2)10-6(3)11-8(7)9/h4H2,1-3H3. The van der Waals surface area contributed by atoms with Crippen molar-refractivity contribution < 1.29 is 0 Å². The van der Waals surface area contributed by atoms with E-state index in [9.17, 15) is 0 Å². The maximum Gasteiger partial charge on any atom is 0.126 e. The summed E-state index contributed by atoms with van der Waals surface area (Å²) in [5.41, 5.74) is 2.28. The van der Waals surface area contributed by atoms with Crippen molar-refractivity contribution in [3.8, 4) is 0 Å². The predicted molar refractivity (Wildman–Crippen MR) is 48.6 cm³/mol. The average molecular weight is 215 g/mol. The van der Waals surface area contributed by atoms with Crippen LogP contribution in [-0.2, 0) is 6.42 Å². The molecule has 60 valence electrons. The summed E-state index contributed by atoms with van der Waals surface area (Å²) < 4.78 is 0.935. The molecule has 2 nitrogen and oxygen atoms in total. The van der Waals surface area contributed by atoms with Gasteiger partial charge in [-0.2, -0.15) is 0 Å². The first-order valence-electron chi connectivity index (χ1n) is 3.64. The van der Waals surface area contributed by atoms with Crippen LogP contribution in [0.25, 0.3) is 0 Å². The molecule has 0 saturated heterocycles. The van der Waals surface area contributed by atoms with Gasteiger partial charge in [-0.25, -0.2) is 9.97 Å². The van der Waals surface area contributed by atoms with Gasteiger partial charge in [0, 0.05) is 11.3 Å². The lowest BCUT2D eigenvalue weighted by molar-refractivity contribution is 0.928. The Kier molecular flexibility index (Phi) is 2.60. The molecule has 0 unspecified atom stereocenters. The van der Waals surface area contributed by atoms with E-state index in [1.54, 1.807) is 0 Å². The minimum absolute atomic E-state index is 0.826. The Morgan fingerprint density at radius 2 is 1.91 bits per heavy atom. The summed E-state index contributed by atoms with van der Waals surface area (Å²) >= 11 is 3.41. The Labute approximate surface area is 75.2 Å². The quantitative estimate of drug-likeness (QED) is 0.672. The van der Waals surface area contributed by atoms with Crippen LogP contribution in [0.15, 0.2) is 4.60 Å². The monoisotopic (exact) mass is 214 g/mol. The highest BCUT2D eigenvalue weighted by atomic mass is 79.9. The van der Waals surface area contributed by atoms with E-state index >= 15 is 0 Å². The molecular weight excluding hydrogens is 204 g/mol. The largest absolute Gasteiger partial charge is 0.238 e. The van der Waals surface area contributed by atoms with Crippen LogP contribution in [0.4, 0.5) is 0 Å². The third-order valence-corrected chi connectivity index (χ3v) is 2.28. The fourth-order valence-electron chi connectivity index (χ4n) is 1.10. The zero-order valence-corrected chi connectivity index (χ0v) is 8.57. The number of aromatic nitrogens is 2. The molecule has 1 rings (SSSR count). The number of hydrogen-bond donors (Lipinski definition) is 0. The first-order valence-corrected chi connectivity index (χ1v) is 4.44. The second-order valence-electron chi connectivity index (χ2n) is 2.48. The lowest BCUT2D eigenvalue weighted by Crippen LogP contribution is -1.98. The Balaban J connectivity index is 3.25. The van der Waals surface area contributed by atoms with Crippen LogP contribution >= 0.6 is 15.9 Å². The van der Waals surface area contributed by atoms with Crippen molar-refractivity contribution in [3.05, 3.63) is 21.7 Å². The highest BCUT2D eigenvalue weighted by Crippen LogP contribution is 2.16. The molecule has 0 aliphatic carbocycles. The lowest BCUT2D eigenvalue weighted by Gasteiger charge is -2.04. The van der Waals surface area contributed by atoms with Gasteiger partial charge < -0.3 is 0 Å². The average Bonchev–Trinajstić information content (AvgIpc) is 1.85. The molecular formula is C8H11BrN2. The normalized spacial score (nSPS) is 10.2. The van der Waals surface area contributed by atoms with E-state index in [0.717, 1.165) is 22.5 Å². The minimum atomic E-state index is 0.826. The first-order chi connectivity index (χ1) is 5.15. The number of aryl methyl sites for hydroxylation is 2. The molecule has 0 fully saturated rings. The number of hydrogen-bond acceptors (Lipinski definition) is 2. The van der Waals surface area contributed by atoms with Crippen LogP contribution < -0.4 is 0 Å². The molecule has 0 N–H and O–H groups in total. The molecule has 3 heteroatoms. The third-order valence-electron chi connectivity index (χ3n) is 1.63. The van der Waals surface area contributed by atoms with Gasteiger partial charge in [0.15, 0.2) is 0 Å². The van der Waals surface area contributed by atoms with Crippen LogP contribution in [0.1, 0.15) is 24.0 Å². The van der Waals surface area contributed by atoms with E-state index in [2.05, 4.69) is 32.8 Å². The van der Waals surface area contributed by atoms with Crippen molar-refractivity contribution in [3.63, 3.8) is 0 Å². The van der Waals surface area contributed by atoms with Crippen molar-refractivity contribution in [2.75, 3.05) is 0 Å². The van der Waals surface area contributed by atoms with Crippen LogP contribution in [0.3, 0.4) is 0 Å². The summed E-state index contributed by atoms with van der Waals surface area (Å²) in [7, 11) is 0. The molecule has 11 heavy (non-hydrogen) atoms. The van der Waals surface area contributed by atoms with Crippen LogP contribution in [0.2, 0.25) is 0 Å². The second kappa shape index (κ2) is 3.30. The van der Waals surface area contributed by atoms with Gasteiger partial charge in [-0.1, -0.05) is 6.92 Å². The fraction of sp³-hybridized carbons (Fsp3) is 0.500. The van der Waals surface area contributed by atoms with E-state index < -0.39 is 0 Å². The summed E-state index contributed by atoms with van der Waals surface area (Å²) in [6.45, 7) is 6.02. The summed E-state index contributed by atoms with van der Waals surface area (Å²) in [4.78, 5) is 8.47. The Morgan fingerprint density at radius 1 is 1.27 bits per heavy atom. The van der Waals surface area contributed by atoms with Crippen molar-refractivity contribution in [2.24, 2.45) is 0 Å². The van der Waals surface area contributed by atoms with Crippen molar-refractivity contribution in [1.82, 2.24) is 9.97 Å². The van der Waals surface area contributed by atoms with Gasteiger partial charge in [0.25, 0.3) is 0 Å². The number of halogens is 1. The van der Waals surface area contributed by atoms with Gasteiger partial charge in [-0.05, 0) is 36.2 Å². The molecule has 0 atom stereocenters. The zero-order valence-electron chi connectivity index (χ0n) is 6.98. The SMILES string of the molecule is CCc1c(C)nc(C)nc1Br. The minimum Gasteiger partial charge on any atom is -0.238 e. The van der Waals surface area contributed by atoms with E-state index in [1.165, 1.54) is 5.56 Å². The highest BCUT2D eigenvalue weighted by Gasteiger charge is 2.04. The van der Waals surface area contributed by atoms with Crippen molar-refractivity contribution in [2.45, 2.75) is 27.2 Å². The van der Waals surface area contributed by atoms with Gasteiger partial charge in [-0.3, -0.25) is 0 Å². The molecule has 1 heterocycles. The van der Waals surface area contributed by atoms with Gasteiger partial charge in [0.1, 0.15) is 10.4 Å². The molecule has 0 aromatic carbocycles. The summed E-state index contributed by atoms with van der Waals surface area (Å²) in [5, 5.41) is 0. The predicted octanol–water partition coefficient (Wildman–Crippen LogP) is 2.42. The lowest BCUT2D eigenvalue weighted by atomic mass is 10.2. The number of rotatable bonds is 1. The number of nitrogens with zero attached hydrogens (tertiary/aromatic N) is 2. The Morgan fingerprint density at radius 3 is 2.36 bits per heavy atom. The maximum absolute atomic E-state index is 4.26. The molecule has 0 bridgehead atoms. The van der Waals surface area contributed by atoms with Crippen molar-refractivity contribution >= 4 is 15.9 Å². The van der Waals surface area contributed by atoms with E-state index in [-0.39, 0.29) is 0 Å². The summed E-state index contributed by atoms with van der Waals surface area (Å²) in [6.07, 6.45) is 0.979. The topological polar surface area (TPSA) is 25.8 Å². The van der Waals surface area contributed by atoms with Crippen LogP contribution in [0, 0.1) is 13.8 Å². The van der Waals surface area contributed by atoms with Crippen LogP contribution in [-0.4, -0.2) is 9.97 Å². The molecule has 0 aliphatic heterocycles. The second-order valence-corrected chi connectivity index (χ2v) is 3.23. The van der Waals surface area contributed by atoms with Gasteiger partial charge in [0.2, 0.25) is 0 Å². The van der Waals surface area contributed by atoms with E-state index in [0.29, 0.717) is 0 Å². The van der Waals surface area contributed by atoms with Crippen LogP contribution in [0.5, 0.6) is 0 Å². The Bertz CT molecular complexity index is 248. The van der Waals surface area contributed by atoms with Gasteiger partial charge >= 0.3 is 0 Å². The van der Waals surface area contributed by atoms with Gasteiger partial charge in [0.05, 0.1) is 0 Å². The third kappa shape index (κ3) is 1.77. The molecule has 1 aromatic heterocycles. The molecule has 0 radical (unpaired) electrons. The first kappa shape index (κ1) is 8.65. The fourth-order valence-corrected chi connectivity index (χ4v) is 1.92. The molecule has 0 saturated carbocycles.